The number of benzene rings is 2. The van der Waals surface area contributed by atoms with Crippen LogP contribution in [0.25, 0.3) is 0 Å². The Bertz CT molecular complexity index is 649. The molecule has 0 bridgehead atoms. The van der Waals surface area contributed by atoms with E-state index in [-0.39, 0.29) is 0 Å². The first-order chi connectivity index (χ1) is 10.5. The summed E-state index contributed by atoms with van der Waals surface area (Å²) in [6.07, 6.45) is 0. The molecule has 0 aliphatic carbocycles. The second kappa shape index (κ2) is 8.02. The van der Waals surface area contributed by atoms with E-state index >= 15 is 0 Å². The number of hydrogen-bond donors (Lipinski definition) is 0. The van der Waals surface area contributed by atoms with Crippen molar-refractivity contribution in [2.45, 2.75) is 24.2 Å². The summed E-state index contributed by atoms with van der Waals surface area (Å²) in [7, 11) is 1.69. The summed E-state index contributed by atoms with van der Waals surface area (Å²) in [6, 6.07) is 10.1. The second-order valence-corrected chi connectivity index (χ2v) is 7.65. The maximum absolute atomic E-state index is 6.08. The fraction of sp³-hybridized carbons (Fsp3) is 0.294. The minimum atomic E-state index is 0.367. The van der Waals surface area contributed by atoms with E-state index in [1.54, 1.807) is 7.11 Å². The lowest BCUT2D eigenvalue weighted by Gasteiger charge is -2.15. The summed E-state index contributed by atoms with van der Waals surface area (Å²) in [6.45, 7) is 4.28. The molecular weight excluding hydrogens is 523 g/mol. The van der Waals surface area contributed by atoms with Crippen LogP contribution in [0.3, 0.4) is 0 Å². The van der Waals surface area contributed by atoms with Crippen molar-refractivity contribution >= 4 is 54.5 Å². The molecule has 118 valence electrons. The van der Waals surface area contributed by atoms with Gasteiger partial charge in [-0.05, 0) is 73.7 Å². The third-order valence-electron chi connectivity index (χ3n) is 3.26. The molecule has 0 saturated heterocycles. The summed E-state index contributed by atoms with van der Waals surface area (Å²) in [5.74, 6) is 2.84. The van der Waals surface area contributed by atoms with Gasteiger partial charge in [0.2, 0.25) is 0 Å². The van der Waals surface area contributed by atoms with Crippen molar-refractivity contribution in [1.82, 2.24) is 0 Å². The van der Waals surface area contributed by atoms with Crippen LogP contribution in [-0.4, -0.2) is 7.11 Å². The lowest BCUT2D eigenvalue weighted by molar-refractivity contribution is 0.405. The molecule has 0 unspecified atom stereocenters. The highest BCUT2D eigenvalue weighted by molar-refractivity contribution is 14.1. The Balaban J connectivity index is 2.37. The average molecular weight is 540 g/mol. The van der Waals surface area contributed by atoms with E-state index in [9.17, 15) is 0 Å². The van der Waals surface area contributed by atoms with Crippen LogP contribution in [0.4, 0.5) is 0 Å². The van der Waals surface area contributed by atoms with Crippen LogP contribution in [0.15, 0.2) is 39.3 Å². The quantitative estimate of drug-likeness (QED) is 0.299. The van der Waals surface area contributed by atoms with Crippen LogP contribution < -0.4 is 9.47 Å². The zero-order chi connectivity index (χ0) is 16.3. The van der Waals surface area contributed by atoms with Crippen LogP contribution >= 0.6 is 54.5 Å². The molecular formula is C17H17Br2IO2. The predicted octanol–water partition coefficient (Wildman–Crippen LogP) is 7.07. The first kappa shape index (κ1) is 18.1. The summed E-state index contributed by atoms with van der Waals surface area (Å²) < 4.78 is 14.3. The third kappa shape index (κ3) is 4.17. The first-order valence-corrected chi connectivity index (χ1v) is 9.97. The number of hydrogen-bond acceptors (Lipinski definition) is 2. The Morgan fingerprint density at radius 1 is 1.09 bits per heavy atom. The van der Waals surface area contributed by atoms with Crippen molar-refractivity contribution in [2.24, 2.45) is 0 Å². The standard InChI is InChI=1S/C17H17Br2IO2/c1-10(2)13-8-12(4-5-16(13)21-3)22-17-14(18)6-11(9-20)7-15(17)19/h4-8,10H,9H2,1-3H3. The largest absolute Gasteiger partial charge is 0.496 e. The number of halogens is 3. The van der Waals surface area contributed by atoms with Gasteiger partial charge in [-0.2, -0.15) is 0 Å². The van der Waals surface area contributed by atoms with E-state index in [1.807, 2.05) is 18.2 Å². The molecule has 0 saturated carbocycles. The minimum Gasteiger partial charge on any atom is -0.496 e. The van der Waals surface area contributed by atoms with Gasteiger partial charge in [0.05, 0.1) is 16.1 Å². The molecule has 5 heteroatoms. The molecule has 0 aliphatic heterocycles. The Morgan fingerprint density at radius 2 is 1.73 bits per heavy atom. The van der Waals surface area contributed by atoms with Crippen molar-refractivity contribution in [3.8, 4) is 17.2 Å². The molecule has 0 spiro atoms. The van der Waals surface area contributed by atoms with Gasteiger partial charge in [0.15, 0.2) is 5.75 Å². The summed E-state index contributed by atoms with van der Waals surface area (Å²) in [5.41, 5.74) is 2.38. The zero-order valence-electron chi connectivity index (χ0n) is 12.6. The number of rotatable bonds is 5. The Morgan fingerprint density at radius 3 is 2.23 bits per heavy atom. The van der Waals surface area contributed by atoms with Gasteiger partial charge < -0.3 is 9.47 Å². The summed E-state index contributed by atoms with van der Waals surface area (Å²) in [4.78, 5) is 0. The highest BCUT2D eigenvalue weighted by atomic mass is 127. The summed E-state index contributed by atoms with van der Waals surface area (Å²) >= 11 is 9.52. The van der Waals surface area contributed by atoms with Gasteiger partial charge in [0.25, 0.3) is 0 Å². The van der Waals surface area contributed by atoms with Crippen LogP contribution in [0, 0.1) is 0 Å². The van der Waals surface area contributed by atoms with Gasteiger partial charge in [-0.3, -0.25) is 0 Å². The van der Waals surface area contributed by atoms with E-state index in [0.717, 1.165) is 36.2 Å². The normalized spacial score (nSPS) is 10.9. The molecule has 2 aromatic rings. The molecule has 2 rings (SSSR count). The summed E-state index contributed by atoms with van der Waals surface area (Å²) in [5, 5.41) is 0. The van der Waals surface area contributed by atoms with Crippen molar-refractivity contribution in [2.75, 3.05) is 7.11 Å². The molecule has 2 aromatic carbocycles. The SMILES string of the molecule is COc1ccc(Oc2c(Br)cc(CI)cc2Br)cc1C(C)C. The van der Waals surface area contributed by atoms with Gasteiger partial charge in [0.1, 0.15) is 11.5 Å². The molecule has 0 heterocycles. The van der Waals surface area contributed by atoms with E-state index in [0.29, 0.717) is 5.92 Å². The molecule has 0 atom stereocenters. The van der Waals surface area contributed by atoms with Gasteiger partial charge in [0, 0.05) is 9.99 Å². The predicted molar refractivity (Wildman–Crippen MR) is 107 cm³/mol. The number of methoxy groups -OCH3 is 1. The zero-order valence-corrected chi connectivity index (χ0v) is 18.0. The molecule has 0 N–H and O–H groups in total. The highest BCUT2D eigenvalue weighted by Crippen LogP contribution is 2.40. The van der Waals surface area contributed by atoms with Crippen LogP contribution in [-0.2, 0) is 4.43 Å². The maximum Gasteiger partial charge on any atom is 0.155 e. The molecule has 22 heavy (non-hydrogen) atoms. The smallest absolute Gasteiger partial charge is 0.155 e. The topological polar surface area (TPSA) is 18.5 Å². The molecule has 0 amide bonds. The second-order valence-electron chi connectivity index (χ2n) is 5.18. The lowest BCUT2D eigenvalue weighted by Crippen LogP contribution is -1.96. The molecule has 0 aromatic heterocycles. The fourth-order valence-corrected chi connectivity index (χ4v) is 4.02. The molecule has 0 fully saturated rings. The fourth-order valence-electron chi connectivity index (χ4n) is 2.13. The molecule has 0 radical (unpaired) electrons. The number of ether oxygens (including phenoxy) is 2. The monoisotopic (exact) mass is 538 g/mol. The highest BCUT2D eigenvalue weighted by Gasteiger charge is 2.13. The van der Waals surface area contributed by atoms with Gasteiger partial charge in [-0.15, -0.1) is 0 Å². The maximum atomic E-state index is 6.08. The van der Waals surface area contributed by atoms with E-state index in [2.05, 4.69) is 80.4 Å². The van der Waals surface area contributed by atoms with Gasteiger partial charge >= 0.3 is 0 Å². The van der Waals surface area contributed by atoms with Gasteiger partial charge in [-0.25, -0.2) is 0 Å². The first-order valence-electron chi connectivity index (χ1n) is 6.86. The van der Waals surface area contributed by atoms with E-state index in [4.69, 9.17) is 9.47 Å². The van der Waals surface area contributed by atoms with E-state index < -0.39 is 0 Å². The average Bonchev–Trinajstić information content (AvgIpc) is 2.50. The third-order valence-corrected chi connectivity index (χ3v) is 5.31. The van der Waals surface area contributed by atoms with Crippen LogP contribution in [0.1, 0.15) is 30.9 Å². The van der Waals surface area contributed by atoms with Crippen LogP contribution in [0.5, 0.6) is 17.2 Å². The van der Waals surface area contributed by atoms with Crippen molar-refractivity contribution in [3.63, 3.8) is 0 Å². The Labute approximate surface area is 162 Å². The van der Waals surface area contributed by atoms with Crippen molar-refractivity contribution < 1.29 is 9.47 Å². The number of alkyl halides is 1. The molecule has 2 nitrogen and oxygen atoms in total. The Kier molecular flexibility index (Phi) is 6.58. The minimum absolute atomic E-state index is 0.367. The van der Waals surface area contributed by atoms with Crippen molar-refractivity contribution in [3.05, 3.63) is 50.4 Å². The lowest BCUT2D eigenvalue weighted by atomic mass is 10.0. The molecule has 0 aliphatic rings. The van der Waals surface area contributed by atoms with E-state index in [1.165, 1.54) is 5.56 Å². The van der Waals surface area contributed by atoms with Crippen molar-refractivity contribution in [1.29, 1.82) is 0 Å². The van der Waals surface area contributed by atoms with Crippen LogP contribution in [0.2, 0.25) is 0 Å². The Hall–Kier alpha value is -0.270. The van der Waals surface area contributed by atoms with Gasteiger partial charge in [-0.1, -0.05) is 36.4 Å².